The first-order chi connectivity index (χ1) is 16.2. The molecule has 2 aromatic heterocycles. The van der Waals surface area contributed by atoms with Gasteiger partial charge in [-0.1, -0.05) is 12.1 Å². The van der Waals surface area contributed by atoms with Crippen LogP contribution in [0.1, 0.15) is 18.2 Å². The van der Waals surface area contributed by atoms with Crippen LogP contribution in [-0.2, 0) is 16.1 Å². The molecule has 3 heterocycles. The number of aliphatic carboxylic acids is 1. The highest BCUT2D eigenvalue weighted by molar-refractivity contribution is 5.81. The minimum Gasteiger partial charge on any atom is -0.480 e. The molecule has 7 N–H and O–H groups in total. The van der Waals surface area contributed by atoms with Gasteiger partial charge in [-0.15, -0.1) is 0 Å². The van der Waals surface area contributed by atoms with Crippen LogP contribution in [0.4, 0.5) is 10.2 Å². The van der Waals surface area contributed by atoms with E-state index in [1.807, 2.05) is 4.90 Å². The zero-order valence-electron chi connectivity index (χ0n) is 18.1. The molecular formula is C21H26FN7O5. The van der Waals surface area contributed by atoms with Gasteiger partial charge in [0.05, 0.1) is 6.33 Å². The van der Waals surface area contributed by atoms with Crippen LogP contribution in [0.3, 0.4) is 0 Å². The summed E-state index contributed by atoms with van der Waals surface area (Å²) < 4.78 is 20.8. The molecule has 4 rings (SSSR count). The largest absolute Gasteiger partial charge is 0.480 e. The average molecular weight is 475 g/mol. The first kappa shape index (κ1) is 23.9. The Hall–Kier alpha value is -3.23. The number of anilines is 1. The maximum atomic E-state index is 13.3. The van der Waals surface area contributed by atoms with Crippen molar-refractivity contribution in [3.63, 3.8) is 0 Å². The summed E-state index contributed by atoms with van der Waals surface area (Å²) in [6.45, 7) is 0.760. The van der Waals surface area contributed by atoms with Gasteiger partial charge in [0.15, 0.2) is 17.7 Å². The molecule has 1 aliphatic heterocycles. The predicted molar refractivity (Wildman–Crippen MR) is 118 cm³/mol. The van der Waals surface area contributed by atoms with Gasteiger partial charge in [-0.05, 0) is 24.1 Å². The fourth-order valence-electron chi connectivity index (χ4n) is 3.95. The summed E-state index contributed by atoms with van der Waals surface area (Å²) in [4.78, 5) is 25.2. The van der Waals surface area contributed by atoms with Crippen molar-refractivity contribution >= 4 is 23.0 Å². The van der Waals surface area contributed by atoms with Crippen LogP contribution < -0.4 is 11.5 Å². The molecule has 3 aromatic rings. The van der Waals surface area contributed by atoms with E-state index < -0.39 is 36.6 Å². The number of aromatic nitrogens is 4. The normalized spacial score (nSPS) is 23.6. The van der Waals surface area contributed by atoms with E-state index in [9.17, 15) is 19.4 Å². The zero-order chi connectivity index (χ0) is 24.4. The highest BCUT2D eigenvalue weighted by Crippen LogP contribution is 2.32. The van der Waals surface area contributed by atoms with Gasteiger partial charge in [0.2, 0.25) is 0 Å². The van der Waals surface area contributed by atoms with Gasteiger partial charge in [0.25, 0.3) is 0 Å². The Balaban J connectivity index is 1.51. The third-order valence-electron chi connectivity index (χ3n) is 5.83. The molecule has 0 spiro atoms. The summed E-state index contributed by atoms with van der Waals surface area (Å²) in [6, 6.07) is 4.82. The lowest BCUT2D eigenvalue weighted by Gasteiger charge is -2.27. The second kappa shape index (κ2) is 9.95. The van der Waals surface area contributed by atoms with E-state index >= 15 is 0 Å². The minimum atomic E-state index is -1.28. The lowest BCUT2D eigenvalue weighted by Crippen LogP contribution is -2.42. The molecule has 0 bridgehead atoms. The fourth-order valence-corrected chi connectivity index (χ4v) is 3.95. The van der Waals surface area contributed by atoms with Crippen LogP contribution in [0, 0.1) is 5.82 Å². The quantitative estimate of drug-likeness (QED) is 0.268. The lowest BCUT2D eigenvalue weighted by atomic mass is 10.1. The maximum Gasteiger partial charge on any atom is 0.320 e. The number of nitrogens with zero attached hydrogens (tertiary/aromatic N) is 5. The maximum absolute atomic E-state index is 13.3. The van der Waals surface area contributed by atoms with Crippen LogP contribution in [0.2, 0.25) is 0 Å². The van der Waals surface area contributed by atoms with Gasteiger partial charge in [-0.2, -0.15) is 0 Å². The number of hydrogen-bond acceptors (Lipinski definition) is 10. The number of ether oxygens (including phenoxy) is 1. The number of benzene rings is 1. The summed E-state index contributed by atoms with van der Waals surface area (Å²) in [5, 5.41) is 30.5. The van der Waals surface area contributed by atoms with Gasteiger partial charge < -0.3 is 31.5 Å². The Morgan fingerprint density at radius 1 is 1.21 bits per heavy atom. The third-order valence-corrected chi connectivity index (χ3v) is 5.83. The van der Waals surface area contributed by atoms with E-state index in [1.165, 1.54) is 29.4 Å². The van der Waals surface area contributed by atoms with E-state index in [0.717, 1.165) is 5.56 Å². The van der Waals surface area contributed by atoms with Gasteiger partial charge in [-0.3, -0.25) is 14.3 Å². The summed E-state index contributed by atoms with van der Waals surface area (Å²) in [6.07, 6.45) is -1.51. The Morgan fingerprint density at radius 3 is 2.65 bits per heavy atom. The molecule has 1 saturated heterocycles. The summed E-state index contributed by atoms with van der Waals surface area (Å²) in [7, 11) is 0. The highest BCUT2D eigenvalue weighted by atomic mass is 19.1. The molecule has 0 amide bonds. The Morgan fingerprint density at radius 2 is 1.94 bits per heavy atom. The summed E-state index contributed by atoms with van der Waals surface area (Å²) in [5.74, 6) is -1.32. The Bertz CT molecular complexity index is 1140. The highest BCUT2D eigenvalue weighted by Gasteiger charge is 2.44. The van der Waals surface area contributed by atoms with E-state index in [-0.39, 0.29) is 31.1 Å². The number of carbonyl (C=O) groups is 1. The van der Waals surface area contributed by atoms with Gasteiger partial charge in [0, 0.05) is 19.6 Å². The molecular weight excluding hydrogens is 449 g/mol. The molecule has 1 aliphatic rings. The molecule has 0 radical (unpaired) electrons. The number of aliphatic hydroxyl groups is 2. The second-order valence-electron chi connectivity index (χ2n) is 8.22. The average Bonchev–Trinajstić information content (AvgIpc) is 3.36. The van der Waals surface area contributed by atoms with Crippen molar-refractivity contribution < 1.29 is 29.2 Å². The Kier molecular flexibility index (Phi) is 7.00. The molecule has 0 aliphatic carbocycles. The van der Waals surface area contributed by atoms with Crippen molar-refractivity contribution in [1.82, 2.24) is 24.4 Å². The van der Waals surface area contributed by atoms with Gasteiger partial charge >= 0.3 is 5.97 Å². The zero-order valence-corrected chi connectivity index (χ0v) is 18.1. The van der Waals surface area contributed by atoms with Crippen molar-refractivity contribution in [3.05, 3.63) is 48.3 Å². The number of nitrogen functional groups attached to an aromatic ring is 1. The lowest BCUT2D eigenvalue weighted by molar-refractivity contribution is -0.138. The van der Waals surface area contributed by atoms with Crippen LogP contribution in [0.15, 0.2) is 36.9 Å². The topological polar surface area (TPSA) is 186 Å². The monoisotopic (exact) mass is 475 g/mol. The smallest absolute Gasteiger partial charge is 0.320 e. The minimum absolute atomic E-state index is 0.147. The molecule has 1 unspecified atom stereocenters. The first-order valence-corrected chi connectivity index (χ1v) is 10.6. The number of hydrogen-bond donors (Lipinski definition) is 5. The molecule has 5 atom stereocenters. The van der Waals surface area contributed by atoms with E-state index in [1.54, 1.807) is 12.1 Å². The molecule has 0 saturated carbocycles. The molecule has 1 aromatic carbocycles. The summed E-state index contributed by atoms with van der Waals surface area (Å²) >= 11 is 0. The van der Waals surface area contributed by atoms with Gasteiger partial charge in [0.1, 0.15) is 42.0 Å². The standard InChI is InChI=1S/C21H26FN7O5/c22-12-3-1-11(2-4-12)7-28(6-5-13(23)21(32)33)8-14-16(30)17(31)20(34-14)29-10-27-15-18(24)25-9-26-19(15)29/h1-4,9-10,13-14,16-17,20,30-31H,5-8,23H2,(H,32,33)(H2,24,25,26)/t13?,14-,16-,17-,20-/m1/s1. The molecule has 13 heteroatoms. The van der Waals surface area contributed by atoms with Crippen molar-refractivity contribution in [1.29, 1.82) is 0 Å². The van der Waals surface area contributed by atoms with E-state index in [2.05, 4.69) is 15.0 Å². The third kappa shape index (κ3) is 4.98. The number of nitrogens with two attached hydrogens (primary N) is 2. The van der Waals surface area contributed by atoms with Crippen LogP contribution in [0.5, 0.6) is 0 Å². The van der Waals surface area contributed by atoms with E-state index in [4.69, 9.17) is 21.3 Å². The molecule has 182 valence electrons. The van der Waals surface area contributed by atoms with Crippen molar-refractivity contribution in [2.45, 2.75) is 43.5 Å². The molecule has 34 heavy (non-hydrogen) atoms. The number of rotatable bonds is 9. The number of fused-ring (bicyclic) bond motifs is 1. The van der Waals surface area contributed by atoms with Crippen LogP contribution in [-0.4, -0.2) is 83.2 Å². The first-order valence-electron chi connectivity index (χ1n) is 10.6. The summed E-state index contributed by atoms with van der Waals surface area (Å²) in [5.41, 5.74) is 13.0. The number of carboxylic acids is 1. The van der Waals surface area contributed by atoms with Crippen molar-refractivity contribution in [2.24, 2.45) is 5.73 Å². The SMILES string of the molecule is Nc1ncnc2c1ncn2[C@@H]1O[C@H](CN(CCC(N)C(=O)O)Cc2ccc(F)cc2)[C@@H](O)[C@H]1O. The number of halogens is 1. The fraction of sp³-hybridized carbons (Fsp3) is 0.429. The number of carboxylic acid groups (broad SMARTS) is 1. The van der Waals surface area contributed by atoms with Crippen LogP contribution in [0.25, 0.3) is 11.2 Å². The molecule has 12 nitrogen and oxygen atoms in total. The number of imidazole rings is 1. The number of aliphatic hydroxyl groups excluding tert-OH is 2. The predicted octanol–water partition coefficient (Wildman–Crippen LogP) is -0.529. The van der Waals surface area contributed by atoms with Crippen molar-refractivity contribution in [2.75, 3.05) is 18.8 Å². The molecule has 1 fully saturated rings. The second-order valence-corrected chi connectivity index (χ2v) is 8.22. The van der Waals surface area contributed by atoms with Crippen LogP contribution >= 0.6 is 0 Å². The van der Waals surface area contributed by atoms with Crippen molar-refractivity contribution in [3.8, 4) is 0 Å². The van der Waals surface area contributed by atoms with Gasteiger partial charge in [-0.25, -0.2) is 19.3 Å². The van der Waals surface area contributed by atoms with E-state index in [0.29, 0.717) is 17.7 Å². The Labute approximate surface area is 193 Å².